The number of hydrogen-bond acceptors (Lipinski definition) is 4. The summed E-state index contributed by atoms with van der Waals surface area (Å²) in [5.74, 6) is -1.81. The van der Waals surface area contributed by atoms with E-state index in [1.807, 2.05) is 0 Å². The van der Waals surface area contributed by atoms with Gasteiger partial charge in [-0.1, -0.05) is 6.58 Å². The molecular weight excluding hydrogens is 303 g/mol. The zero-order valence-corrected chi connectivity index (χ0v) is 12.1. The van der Waals surface area contributed by atoms with Crippen molar-refractivity contribution in [1.82, 2.24) is 4.57 Å². The van der Waals surface area contributed by atoms with Crippen molar-refractivity contribution in [3.63, 3.8) is 0 Å². The van der Waals surface area contributed by atoms with E-state index in [2.05, 4.69) is 6.58 Å². The minimum Gasteiger partial charge on any atom is -0.485 e. The Hall–Kier alpha value is -2.67. The van der Waals surface area contributed by atoms with Crippen molar-refractivity contribution in [2.75, 3.05) is 6.61 Å². The molecule has 0 spiro atoms. The molecule has 0 bridgehead atoms. The highest BCUT2D eigenvalue weighted by Crippen LogP contribution is 2.50. The maximum absolute atomic E-state index is 14.6. The summed E-state index contributed by atoms with van der Waals surface area (Å²) < 4.78 is 21.7. The molecule has 0 atom stereocenters. The van der Waals surface area contributed by atoms with Gasteiger partial charge >= 0.3 is 5.97 Å². The highest BCUT2D eigenvalue weighted by molar-refractivity contribution is 5.97. The molecule has 0 radical (unpaired) electrons. The molecule has 1 aliphatic heterocycles. The SMILES string of the molecule is C=C1COc2c(C3(N)CC3)c(F)cc3c(=O)c(C(=O)O)cn1c23. The lowest BCUT2D eigenvalue weighted by Gasteiger charge is -2.27. The van der Waals surface area contributed by atoms with Gasteiger partial charge in [0.05, 0.1) is 22.2 Å². The molecule has 6 nitrogen and oxygen atoms in total. The summed E-state index contributed by atoms with van der Waals surface area (Å²) in [5, 5.41) is 9.14. The van der Waals surface area contributed by atoms with Crippen LogP contribution in [0.1, 0.15) is 28.8 Å². The van der Waals surface area contributed by atoms with E-state index < -0.39 is 28.3 Å². The van der Waals surface area contributed by atoms with Crippen molar-refractivity contribution >= 4 is 22.6 Å². The summed E-state index contributed by atoms with van der Waals surface area (Å²) in [6.45, 7) is 3.88. The second-order valence-electron chi connectivity index (χ2n) is 6.02. The molecule has 3 N–H and O–H groups in total. The summed E-state index contributed by atoms with van der Waals surface area (Å²) >= 11 is 0. The largest absolute Gasteiger partial charge is 0.485 e. The van der Waals surface area contributed by atoms with E-state index in [4.69, 9.17) is 10.5 Å². The average Bonchev–Trinajstić information content (AvgIpc) is 3.22. The number of benzene rings is 1. The fourth-order valence-electron chi connectivity index (χ4n) is 3.04. The van der Waals surface area contributed by atoms with Gasteiger partial charge in [0.15, 0.2) is 5.75 Å². The highest BCUT2D eigenvalue weighted by Gasteiger charge is 2.46. The zero-order chi connectivity index (χ0) is 16.5. The third-order valence-electron chi connectivity index (χ3n) is 4.44. The van der Waals surface area contributed by atoms with E-state index in [1.165, 1.54) is 10.8 Å². The molecule has 118 valence electrons. The molecule has 2 heterocycles. The number of aromatic carboxylic acids is 1. The number of carbonyl (C=O) groups is 1. The Kier molecular flexibility index (Phi) is 2.55. The van der Waals surface area contributed by atoms with Gasteiger partial charge in [-0.05, 0) is 18.9 Å². The predicted octanol–water partition coefficient (Wildman–Crippen LogP) is 1.65. The number of pyridine rings is 1. The first-order valence-corrected chi connectivity index (χ1v) is 7.09. The van der Waals surface area contributed by atoms with E-state index in [0.29, 0.717) is 24.1 Å². The molecule has 0 saturated heterocycles. The second kappa shape index (κ2) is 4.20. The average molecular weight is 316 g/mol. The standard InChI is InChI=1S/C16H13FN2O4/c1-7-6-23-14-11(16(18)2-3-16)10(17)4-8-12(14)19(7)5-9(13(8)20)15(21)22/h4-5H,1-3,6,18H2,(H,21,22). The van der Waals surface area contributed by atoms with E-state index in [9.17, 15) is 19.1 Å². The number of hydrogen-bond donors (Lipinski definition) is 2. The van der Waals surface area contributed by atoms with Gasteiger partial charge in [-0.3, -0.25) is 4.79 Å². The molecule has 1 aromatic heterocycles. The Morgan fingerprint density at radius 2 is 2.17 bits per heavy atom. The predicted molar refractivity (Wildman–Crippen MR) is 81.0 cm³/mol. The number of nitrogens with two attached hydrogens (primary N) is 1. The number of carboxylic acid groups (broad SMARTS) is 1. The van der Waals surface area contributed by atoms with Crippen LogP contribution < -0.4 is 15.9 Å². The first-order valence-electron chi connectivity index (χ1n) is 7.09. The third-order valence-corrected chi connectivity index (χ3v) is 4.44. The van der Waals surface area contributed by atoms with Crippen molar-refractivity contribution in [2.45, 2.75) is 18.4 Å². The summed E-state index contributed by atoms with van der Waals surface area (Å²) in [5.41, 5.74) is 5.18. The quantitative estimate of drug-likeness (QED) is 0.878. The monoisotopic (exact) mass is 316 g/mol. The number of ether oxygens (including phenoxy) is 1. The highest BCUT2D eigenvalue weighted by atomic mass is 19.1. The molecule has 2 aromatic rings. The first kappa shape index (κ1) is 14.0. The molecule has 23 heavy (non-hydrogen) atoms. The summed E-state index contributed by atoms with van der Waals surface area (Å²) in [6, 6.07) is 1.05. The van der Waals surface area contributed by atoms with Gasteiger partial charge in [0.2, 0.25) is 5.43 Å². The van der Waals surface area contributed by atoms with Gasteiger partial charge in [-0.15, -0.1) is 0 Å². The molecule has 1 saturated carbocycles. The lowest BCUT2D eigenvalue weighted by molar-refractivity contribution is 0.0695. The summed E-state index contributed by atoms with van der Waals surface area (Å²) in [7, 11) is 0. The molecule has 1 aromatic carbocycles. The van der Waals surface area contributed by atoms with Crippen LogP contribution in [-0.2, 0) is 5.54 Å². The molecule has 2 aliphatic rings. The van der Waals surface area contributed by atoms with Crippen molar-refractivity contribution in [3.05, 3.63) is 46.0 Å². The van der Waals surface area contributed by atoms with Gasteiger partial charge in [-0.2, -0.15) is 0 Å². The Balaban J connectivity index is 2.21. The van der Waals surface area contributed by atoms with E-state index >= 15 is 0 Å². The fraction of sp³-hybridized carbons (Fsp3) is 0.250. The Bertz CT molecular complexity index is 972. The molecular formula is C16H13FN2O4. The summed E-state index contributed by atoms with van der Waals surface area (Å²) in [6.07, 6.45) is 2.47. The van der Waals surface area contributed by atoms with Crippen molar-refractivity contribution in [2.24, 2.45) is 5.73 Å². The second-order valence-corrected chi connectivity index (χ2v) is 6.02. The van der Waals surface area contributed by atoms with Crippen molar-refractivity contribution in [3.8, 4) is 5.75 Å². The maximum atomic E-state index is 14.6. The number of aromatic nitrogens is 1. The minimum absolute atomic E-state index is 0.0498. The Morgan fingerprint density at radius 3 is 2.78 bits per heavy atom. The Labute approximate surface area is 129 Å². The van der Waals surface area contributed by atoms with Gasteiger partial charge in [-0.25, -0.2) is 9.18 Å². The lowest BCUT2D eigenvalue weighted by Crippen LogP contribution is -2.27. The van der Waals surface area contributed by atoms with E-state index in [1.54, 1.807) is 0 Å². The van der Waals surface area contributed by atoms with Crippen LogP contribution in [0.15, 0.2) is 23.6 Å². The zero-order valence-electron chi connectivity index (χ0n) is 12.1. The van der Waals surface area contributed by atoms with Gasteiger partial charge in [0.1, 0.15) is 18.0 Å². The molecule has 4 rings (SSSR count). The van der Waals surface area contributed by atoms with Gasteiger partial charge < -0.3 is 20.1 Å². The Morgan fingerprint density at radius 1 is 1.48 bits per heavy atom. The van der Waals surface area contributed by atoms with Crippen LogP contribution in [0.4, 0.5) is 4.39 Å². The van der Waals surface area contributed by atoms with Crippen LogP contribution >= 0.6 is 0 Å². The molecule has 0 amide bonds. The smallest absolute Gasteiger partial charge is 0.341 e. The van der Waals surface area contributed by atoms with Crippen LogP contribution in [0.25, 0.3) is 16.6 Å². The fourth-order valence-corrected chi connectivity index (χ4v) is 3.04. The number of nitrogens with zero attached hydrogens (tertiary/aromatic N) is 1. The van der Waals surface area contributed by atoms with Gasteiger partial charge in [0.25, 0.3) is 0 Å². The van der Waals surface area contributed by atoms with Crippen LogP contribution in [0.3, 0.4) is 0 Å². The van der Waals surface area contributed by atoms with E-state index in [-0.39, 0.29) is 23.3 Å². The van der Waals surface area contributed by atoms with E-state index in [0.717, 1.165) is 6.07 Å². The normalized spacial score (nSPS) is 17.9. The van der Waals surface area contributed by atoms with Crippen molar-refractivity contribution < 1.29 is 19.0 Å². The van der Waals surface area contributed by atoms with Crippen LogP contribution in [0, 0.1) is 5.82 Å². The third kappa shape index (κ3) is 1.77. The molecule has 1 fully saturated rings. The molecule has 1 aliphatic carbocycles. The lowest BCUT2D eigenvalue weighted by atomic mass is 9.98. The number of carboxylic acids is 1. The maximum Gasteiger partial charge on any atom is 0.341 e. The van der Waals surface area contributed by atoms with Gasteiger partial charge in [0, 0.05) is 11.7 Å². The van der Waals surface area contributed by atoms with Crippen LogP contribution in [0.2, 0.25) is 0 Å². The van der Waals surface area contributed by atoms with Crippen LogP contribution in [0.5, 0.6) is 5.75 Å². The number of halogens is 1. The minimum atomic E-state index is -1.37. The summed E-state index contributed by atoms with van der Waals surface area (Å²) in [4.78, 5) is 23.6. The molecule has 7 heteroatoms. The number of rotatable bonds is 2. The van der Waals surface area contributed by atoms with Crippen molar-refractivity contribution in [1.29, 1.82) is 0 Å². The topological polar surface area (TPSA) is 94.6 Å². The first-order chi connectivity index (χ1) is 10.8. The molecule has 0 unspecified atom stereocenters. The van der Waals surface area contributed by atoms with Crippen LogP contribution in [-0.4, -0.2) is 22.2 Å².